The van der Waals surface area contributed by atoms with Gasteiger partial charge in [0.25, 0.3) is 0 Å². The van der Waals surface area contributed by atoms with Crippen molar-refractivity contribution in [3.05, 3.63) is 23.9 Å². The summed E-state index contributed by atoms with van der Waals surface area (Å²) in [6, 6.07) is 4.21. The first-order valence-electron chi connectivity index (χ1n) is 9.97. The number of hydrogen-bond donors (Lipinski definition) is 2. The Hall–Kier alpha value is -1.62. The Balaban J connectivity index is 1.35. The van der Waals surface area contributed by atoms with Gasteiger partial charge < -0.3 is 15.5 Å². The van der Waals surface area contributed by atoms with Crippen LogP contribution in [-0.2, 0) is 11.3 Å². The van der Waals surface area contributed by atoms with Gasteiger partial charge in [-0.15, -0.1) is 0 Å². The zero-order valence-corrected chi connectivity index (χ0v) is 15.1. The van der Waals surface area contributed by atoms with Gasteiger partial charge in [-0.05, 0) is 56.2 Å². The van der Waals surface area contributed by atoms with Gasteiger partial charge in [-0.1, -0.05) is 18.9 Å². The van der Waals surface area contributed by atoms with E-state index in [2.05, 4.69) is 32.7 Å². The summed E-state index contributed by atoms with van der Waals surface area (Å²) in [7, 11) is 0. The number of fused-ring (bicyclic) bond motifs is 1. The van der Waals surface area contributed by atoms with Crippen LogP contribution >= 0.6 is 0 Å². The Kier molecular flexibility index (Phi) is 4.93. The number of anilines is 1. The molecule has 0 aromatic carbocycles. The Morgan fingerprint density at radius 2 is 2.12 bits per heavy atom. The van der Waals surface area contributed by atoms with Gasteiger partial charge in [0.1, 0.15) is 5.82 Å². The van der Waals surface area contributed by atoms with Gasteiger partial charge in [0, 0.05) is 32.4 Å². The lowest BCUT2D eigenvalue weighted by Gasteiger charge is -2.37. The zero-order chi connectivity index (χ0) is 17.1. The van der Waals surface area contributed by atoms with Gasteiger partial charge >= 0.3 is 0 Å². The monoisotopic (exact) mass is 342 g/mol. The van der Waals surface area contributed by atoms with Gasteiger partial charge in [0.2, 0.25) is 5.91 Å². The number of nitrogens with zero attached hydrogens (tertiary/aromatic N) is 2. The molecule has 1 aromatic heterocycles. The summed E-state index contributed by atoms with van der Waals surface area (Å²) in [5.41, 5.74) is 0.920. The number of carbonyl (C=O) groups is 1. The quantitative estimate of drug-likeness (QED) is 0.883. The summed E-state index contributed by atoms with van der Waals surface area (Å²) < 4.78 is 0. The fourth-order valence-corrected chi connectivity index (χ4v) is 4.88. The summed E-state index contributed by atoms with van der Waals surface area (Å²) in [5, 5.41) is 6.65. The molecule has 2 N–H and O–H groups in total. The maximum absolute atomic E-state index is 12.9. The molecule has 0 radical (unpaired) electrons. The van der Waals surface area contributed by atoms with Crippen molar-refractivity contribution in [1.82, 2.24) is 15.6 Å². The lowest BCUT2D eigenvalue weighted by atomic mass is 9.67. The average molecular weight is 342 g/mol. The first kappa shape index (κ1) is 16.8. The van der Waals surface area contributed by atoms with Crippen molar-refractivity contribution in [2.75, 3.05) is 31.1 Å². The minimum atomic E-state index is -0.167. The lowest BCUT2D eigenvalue weighted by molar-refractivity contribution is -0.134. The van der Waals surface area contributed by atoms with E-state index in [-0.39, 0.29) is 11.3 Å². The summed E-state index contributed by atoms with van der Waals surface area (Å²) in [5.74, 6) is 1.82. The van der Waals surface area contributed by atoms with Gasteiger partial charge in [-0.3, -0.25) is 4.79 Å². The van der Waals surface area contributed by atoms with E-state index < -0.39 is 0 Å². The Bertz CT molecular complexity index is 596. The van der Waals surface area contributed by atoms with E-state index in [1.54, 1.807) is 0 Å². The maximum atomic E-state index is 12.9. The molecule has 136 valence electrons. The number of nitrogens with one attached hydrogen (secondary N) is 2. The highest BCUT2D eigenvalue weighted by Crippen LogP contribution is 2.43. The molecular formula is C20H30N4O. The minimum absolute atomic E-state index is 0.167. The topological polar surface area (TPSA) is 57.3 Å². The van der Waals surface area contributed by atoms with Gasteiger partial charge in [0.15, 0.2) is 0 Å². The zero-order valence-electron chi connectivity index (χ0n) is 15.1. The van der Waals surface area contributed by atoms with Crippen LogP contribution in [0, 0.1) is 11.3 Å². The highest BCUT2D eigenvalue weighted by atomic mass is 16.2. The molecule has 25 heavy (non-hydrogen) atoms. The van der Waals surface area contributed by atoms with Gasteiger partial charge in [0.05, 0.1) is 5.41 Å². The molecule has 5 nitrogen and oxygen atoms in total. The molecule has 1 aliphatic carbocycles. The van der Waals surface area contributed by atoms with Crippen molar-refractivity contribution >= 4 is 11.7 Å². The number of carbonyl (C=O) groups excluding carboxylic acids is 1. The molecule has 3 aliphatic rings. The molecule has 3 heterocycles. The van der Waals surface area contributed by atoms with Crippen molar-refractivity contribution in [2.45, 2.75) is 51.5 Å². The standard InChI is InChI=1S/C20H30N4O/c25-19(20-9-3-2-6-17(20)14-21-15-20)23-13-16-7-8-18(22-12-16)24-10-4-1-5-11-24/h7-8,12,17,21H,1-6,9-11,13-15H2,(H,23,25)/t17-,20+/m0/s1. The van der Waals surface area contributed by atoms with E-state index in [1.807, 2.05) is 6.20 Å². The summed E-state index contributed by atoms with van der Waals surface area (Å²) in [6.45, 7) is 4.65. The second kappa shape index (κ2) is 7.32. The molecule has 5 heteroatoms. The highest BCUT2D eigenvalue weighted by molar-refractivity contribution is 5.83. The van der Waals surface area contributed by atoms with Crippen molar-refractivity contribution in [3.63, 3.8) is 0 Å². The number of pyridine rings is 1. The predicted molar refractivity (Wildman–Crippen MR) is 99.4 cm³/mol. The first-order valence-corrected chi connectivity index (χ1v) is 9.97. The predicted octanol–water partition coefficient (Wildman–Crippen LogP) is 2.47. The van der Waals surface area contributed by atoms with Crippen molar-refractivity contribution in [1.29, 1.82) is 0 Å². The maximum Gasteiger partial charge on any atom is 0.228 e. The van der Waals surface area contributed by atoms with Crippen LogP contribution in [0.4, 0.5) is 5.82 Å². The van der Waals surface area contributed by atoms with Crippen LogP contribution in [0.15, 0.2) is 18.3 Å². The molecule has 4 rings (SSSR count). The van der Waals surface area contributed by atoms with Crippen molar-refractivity contribution in [2.24, 2.45) is 11.3 Å². The molecule has 2 aliphatic heterocycles. The fraction of sp³-hybridized carbons (Fsp3) is 0.700. The number of piperidine rings is 1. The molecule has 0 spiro atoms. The van der Waals surface area contributed by atoms with E-state index in [0.29, 0.717) is 12.5 Å². The van der Waals surface area contributed by atoms with Crippen LogP contribution in [0.3, 0.4) is 0 Å². The van der Waals surface area contributed by atoms with E-state index in [4.69, 9.17) is 0 Å². The summed E-state index contributed by atoms with van der Waals surface area (Å²) in [6.07, 6.45) is 10.4. The van der Waals surface area contributed by atoms with Crippen LogP contribution in [-0.4, -0.2) is 37.1 Å². The van der Waals surface area contributed by atoms with E-state index >= 15 is 0 Å². The number of aromatic nitrogens is 1. The van der Waals surface area contributed by atoms with Gasteiger partial charge in [-0.25, -0.2) is 4.98 Å². The molecule has 2 atom stereocenters. The van der Waals surface area contributed by atoms with E-state index in [0.717, 1.165) is 44.0 Å². The molecule has 1 amide bonds. The first-order chi connectivity index (χ1) is 12.3. The van der Waals surface area contributed by atoms with Crippen LogP contribution in [0.25, 0.3) is 0 Å². The average Bonchev–Trinajstić information content (AvgIpc) is 3.12. The fourth-order valence-electron chi connectivity index (χ4n) is 4.88. The van der Waals surface area contributed by atoms with E-state index in [9.17, 15) is 4.79 Å². The van der Waals surface area contributed by atoms with Crippen LogP contribution in [0.5, 0.6) is 0 Å². The SMILES string of the molecule is O=C(NCc1ccc(N2CCCCC2)nc1)[C@@]12CCCC[C@H]1CNC2. The number of rotatable bonds is 4. The van der Waals surface area contributed by atoms with Crippen molar-refractivity contribution < 1.29 is 4.79 Å². The number of amides is 1. The third kappa shape index (κ3) is 3.39. The van der Waals surface area contributed by atoms with Crippen LogP contribution in [0.1, 0.15) is 50.5 Å². The summed E-state index contributed by atoms with van der Waals surface area (Å²) in [4.78, 5) is 19.9. The minimum Gasteiger partial charge on any atom is -0.357 e. The smallest absolute Gasteiger partial charge is 0.228 e. The van der Waals surface area contributed by atoms with Crippen LogP contribution < -0.4 is 15.5 Å². The third-order valence-electron chi connectivity index (χ3n) is 6.43. The second-order valence-electron chi connectivity index (χ2n) is 7.98. The Labute approximate surface area is 150 Å². The molecule has 0 bridgehead atoms. The largest absolute Gasteiger partial charge is 0.357 e. The summed E-state index contributed by atoms with van der Waals surface area (Å²) >= 11 is 0. The number of hydrogen-bond acceptors (Lipinski definition) is 4. The molecule has 3 fully saturated rings. The van der Waals surface area contributed by atoms with Gasteiger partial charge in [-0.2, -0.15) is 0 Å². The molecule has 1 saturated carbocycles. The van der Waals surface area contributed by atoms with E-state index in [1.165, 1.54) is 38.5 Å². The Morgan fingerprint density at radius 1 is 1.24 bits per heavy atom. The second-order valence-corrected chi connectivity index (χ2v) is 7.98. The third-order valence-corrected chi connectivity index (χ3v) is 6.43. The van der Waals surface area contributed by atoms with Crippen molar-refractivity contribution in [3.8, 4) is 0 Å². The molecule has 2 saturated heterocycles. The van der Waals surface area contributed by atoms with Crippen LogP contribution in [0.2, 0.25) is 0 Å². The molecule has 0 unspecified atom stereocenters. The molecule has 1 aromatic rings. The normalized spacial score (nSPS) is 29.3. The Morgan fingerprint density at radius 3 is 2.92 bits per heavy atom. The highest BCUT2D eigenvalue weighted by Gasteiger charge is 2.49. The lowest BCUT2D eigenvalue weighted by Crippen LogP contribution is -2.47. The molecular weight excluding hydrogens is 312 g/mol.